The predicted molar refractivity (Wildman–Crippen MR) is 253 cm³/mol. The van der Waals surface area contributed by atoms with Crippen LogP contribution < -0.4 is 20.4 Å². The van der Waals surface area contributed by atoms with Crippen molar-refractivity contribution >= 4 is 53.7 Å². The third-order valence-corrected chi connectivity index (χ3v) is 13.7. The molecule has 3 aromatic carbocycles. The standard InChI is InChI=1S/C17H22N2O.C15H20N2.C11H14N2O.C5H8.CH4.2ClH.H2/c1-12(20)18-8-9-19-10-13-4-2-6-15(13)16-7-3-5-14(11-18)17(16)19;1-3-11-9-16-7-8-17-10-12-4-2-5-13(12)14(6-1)15(11)17;1-9(14)13-7-6-12-11-5-3-2-4-10(11)8-13;1-2-4-5-3-1;;;;/h3,5,7,13,15H,2,4,6,8-11H2,1H3;1,3,6,12-13,16H,2,4-5,7-10H2;2-5,12H,6-8H2,1H3;1-2H,3-5H2;1H4;3*1H/i;;;;;;;1+1. The second-order valence-corrected chi connectivity index (χ2v) is 17.2. The Kier molecular flexibility index (Phi) is 17.0. The second-order valence-electron chi connectivity index (χ2n) is 17.2. The largest absolute Gasteiger partial charge is 0.383 e. The van der Waals surface area contributed by atoms with Crippen LogP contribution in [0.3, 0.4) is 0 Å². The fourth-order valence-electron chi connectivity index (χ4n) is 10.9. The number of rotatable bonds is 0. The lowest BCUT2D eigenvalue weighted by Crippen LogP contribution is -2.39. The van der Waals surface area contributed by atoms with E-state index in [9.17, 15) is 9.59 Å². The molecule has 5 heterocycles. The summed E-state index contributed by atoms with van der Waals surface area (Å²) >= 11 is 0. The Bertz CT molecular complexity index is 1890. The van der Waals surface area contributed by atoms with Crippen LogP contribution in [0, 0.1) is 11.8 Å². The number of hydrogen-bond acceptors (Lipinski definition) is 6. The average molecular weight is 849 g/mol. The summed E-state index contributed by atoms with van der Waals surface area (Å²) in [6, 6.07) is 21.8. The van der Waals surface area contributed by atoms with Crippen LogP contribution in [-0.4, -0.2) is 74.0 Å². The number of anilines is 3. The highest BCUT2D eigenvalue weighted by Gasteiger charge is 2.39. The van der Waals surface area contributed by atoms with E-state index in [1.807, 2.05) is 21.9 Å². The van der Waals surface area contributed by atoms with E-state index < -0.39 is 0 Å². The maximum Gasteiger partial charge on any atom is 0.219 e. The van der Waals surface area contributed by atoms with E-state index >= 15 is 0 Å². The normalized spacial score (nSPS) is 23.7. The number of nitrogens with one attached hydrogen (secondary N) is 2. The van der Waals surface area contributed by atoms with Crippen LogP contribution in [0.25, 0.3) is 0 Å². The molecular formula is C49H72Cl2N6O2. The Morgan fingerprint density at radius 2 is 1.17 bits per heavy atom. The van der Waals surface area contributed by atoms with Crippen molar-refractivity contribution in [2.24, 2.45) is 11.8 Å². The molecule has 0 aromatic heterocycles. The Labute approximate surface area is 368 Å². The van der Waals surface area contributed by atoms with Crippen molar-refractivity contribution in [3.05, 3.63) is 101 Å². The van der Waals surface area contributed by atoms with E-state index in [1.54, 1.807) is 30.7 Å². The van der Waals surface area contributed by atoms with Gasteiger partial charge in [0.1, 0.15) is 0 Å². The van der Waals surface area contributed by atoms with E-state index in [1.165, 1.54) is 99.8 Å². The molecule has 3 aromatic rings. The summed E-state index contributed by atoms with van der Waals surface area (Å²) in [4.78, 5) is 32.1. The molecule has 5 aliphatic heterocycles. The smallest absolute Gasteiger partial charge is 0.219 e. The zero-order valence-electron chi connectivity index (χ0n) is 34.8. The van der Waals surface area contributed by atoms with Crippen LogP contribution in [0.15, 0.2) is 72.8 Å². The van der Waals surface area contributed by atoms with Crippen LogP contribution in [0.4, 0.5) is 17.1 Å². The summed E-state index contributed by atoms with van der Waals surface area (Å²) in [5.74, 6) is 3.73. The molecule has 2 amide bonds. The summed E-state index contributed by atoms with van der Waals surface area (Å²) in [7, 11) is 0. The topological polar surface area (TPSA) is 71.2 Å². The number of allylic oxidation sites excluding steroid dienone is 2. The van der Waals surface area contributed by atoms with Crippen molar-refractivity contribution in [3.8, 4) is 0 Å². The van der Waals surface area contributed by atoms with Gasteiger partial charge in [0.15, 0.2) is 0 Å². The number of halogens is 2. The van der Waals surface area contributed by atoms with Gasteiger partial charge in [0.2, 0.25) is 11.8 Å². The van der Waals surface area contributed by atoms with E-state index in [0.717, 1.165) is 81.7 Å². The fourth-order valence-corrected chi connectivity index (χ4v) is 10.9. The molecule has 0 radical (unpaired) electrons. The van der Waals surface area contributed by atoms with Crippen LogP contribution >= 0.6 is 24.8 Å². The molecule has 0 spiro atoms. The van der Waals surface area contributed by atoms with Crippen molar-refractivity contribution < 1.29 is 11.0 Å². The van der Waals surface area contributed by atoms with Gasteiger partial charge >= 0.3 is 0 Å². The van der Waals surface area contributed by atoms with Gasteiger partial charge in [-0.3, -0.25) is 9.59 Å². The number of benzene rings is 3. The van der Waals surface area contributed by atoms with E-state index in [-0.39, 0.29) is 45.5 Å². The quantitative estimate of drug-likeness (QED) is 0.220. The zero-order valence-corrected chi connectivity index (χ0v) is 36.4. The lowest BCUT2D eigenvalue weighted by molar-refractivity contribution is -0.130. The molecule has 3 aliphatic carbocycles. The summed E-state index contributed by atoms with van der Waals surface area (Å²) in [6.07, 6.45) is 16.9. The molecule has 2 fully saturated rings. The third-order valence-electron chi connectivity index (χ3n) is 13.7. The molecule has 11 rings (SSSR count). The first-order valence-corrected chi connectivity index (χ1v) is 21.9. The van der Waals surface area contributed by atoms with E-state index in [0.29, 0.717) is 0 Å². The molecule has 10 heteroatoms. The van der Waals surface area contributed by atoms with Gasteiger partial charge in [-0.15, -0.1) is 24.8 Å². The molecule has 0 bridgehead atoms. The first-order valence-electron chi connectivity index (χ1n) is 21.9. The molecular weight excluding hydrogens is 775 g/mol. The number of nitrogens with zero attached hydrogens (tertiary/aromatic N) is 4. The molecule has 4 atom stereocenters. The monoisotopic (exact) mass is 848 g/mol. The first kappa shape index (κ1) is 46.3. The molecule has 2 N–H and O–H groups in total. The lowest BCUT2D eigenvalue weighted by atomic mass is 9.82. The Hall–Kier alpha value is -3.72. The second kappa shape index (κ2) is 21.7. The summed E-state index contributed by atoms with van der Waals surface area (Å²) < 4.78 is 0. The number of hydrogen-bond donors (Lipinski definition) is 2. The van der Waals surface area contributed by atoms with Gasteiger partial charge in [0, 0.05) is 104 Å². The van der Waals surface area contributed by atoms with Crippen molar-refractivity contribution in [3.63, 3.8) is 0 Å². The molecule has 0 saturated heterocycles. The minimum absolute atomic E-state index is 0. The van der Waals surface area contributed by atoms with Crippen molar-refractivity contribution in [1.82, 2.24) is 15.1 Å². The molecule has 59 heavy (non-hydrogen) atoms. The predicted octanol–water partition coefficient (Wildman–Crippen LogP) is 10.2. The Balaban J connectivity index is 0.000000184. The number of amides is 2. The number of para-hydroxylation sites is 3. The van der Waals surface area contributed by atoms with Crippen LogP contribution in [0.5, 0.6) is 0 Å². The molecule has 324 valence electrons. The SMILES string of the molecule is C.C1=CCCC1.CC(=O)N1CCN2CC3CCCC3c3cccc(c32)C1.CC(=O)N1CCNc2ccccc2C1.Cl.Cl.[2HH].c1cc2c3c(c1)C1CCCC1CN3CCNC2. The van der Waals surface area contributed by atoms with E-state index in [2.05, 4.69) is 81.1 Å². The molecule has 8 aliphatic rings. The molecule has 8 nitrogen and oxygen atoms in total. The highest BCUT2D eigenvalue weighted by atomic mass is 35.5. The lowest BCUT2D eigenvalue weighted by Gasteiger charge is -2.38. The van der Waals surface area contributed by atoms with Crippen molar-refractivity contribution in [2.45, 2.75) is 111 Å². The van der Waals surface area contributed by atoms with Crippen molar-refractivity contribution in [1.29, 1.82) is 0 Å². The number of carbonyl (C=O) groups is 2. The van der Waals surface area contributed by atoms with Gasteiger partial charge in [-0.05, 0) is 103 Å². The van der Waals surface area contributed by atoms with Crippen molar-refractivity contribution in [2.75, 3.05) is 67.5 Å². The maximum atomic E-state index is 11.8. The van der Waals surface area contributed by atoms with Gasteiger partial charge in [0.25, 0.3) is 0 Å². The Morgan fingerprint density at radius 1 is 0.610 bits per heavy atom. The minimum Gasteiger partial charge on any atom is -0.383 e. The van der Waals surface area contributed by atoms with Gasteiger partial charge in [0.05, 0.1) is 0 Å². The zero-order chi connectivity index (χ0) is 38.4. The molecule has 2 saturated carbocycles. The third kappa shape index (κ3) is 10.6. The number of carbonyl (C=O) groups excluding carboxylic acids is 2. The summed E-state index contributed by atoms with van der Waals surface area (Å²) in [5.41, 5.74) is 11.5. The summed E-state index contributed by atoms with van der Waals surface area (Å²) in [6.45, 7) is 14.1. The van der Waals surface area contributed by atoms with Crippen LogP contribution in [0.2, 0.25) is 0 Å². The van der Waals surface area contributed by atoms with Gasteiger partial charge < -0.3 is 30.2 Å². The summed E-state index contributed by atoms with van der Waals surface area (Å²) in [5, 5.41) is 6.86. The van der Waals surface area contributed by atoms with E-state index in [4.69, 9.17) is 0 Å². The highest BCUT2D eigenvalue weighted by molar-refractivity contribution is 5.85. The average Bonchev–Trinajstić information content (AvgIpc) is 3.96. The van der Waals surface area contributed by atoms with Crippen LogP contribution in [-0.2, 0) is 29.2 Å². The highest BCUT2D eigenvalue weighted by Crippen LogP contribution is 2.50. The van der Waals surface area contributed by atoms with Crippen LogP contribution in [0.1, 0.15) is 120 Å². The first-order chi connectivity index (χ1) is 27.4. The Morgan fingerprint density at radius 3 is 1.80 bits per heavy atom. The maximum absolute atomic E-state index is 11.8. The van der Waals surface area contributed by atoms with Gasteiger partial charge in [-0.2, -0.15) is 0 Å². The molecule has 4 unspecified atom stereocenters. The van der Waals surface area contributed by atoms with Gasteiger partial charge in [-0.25, -0.2) is 0 Å². The number of fused-ring (bicyclic) bond motifs is 5. The van der Waals surface area contributed by atoms with Gasteiger partial charge in [-0.1, -0.05) is 87.0 Å². The minimum atomic E-state index is 0. The fraction of sp³-hybridized carbons (Fsp3) is 0.551.